The van der Waals surface area contributed by atoms with E-state index in [0.717, 1.165) is 6.54 Å². The van der Waals surface area contributed by atoms with E-state index in [0.29, 0.717) is 0 Å². The zero-order chi connectivity index (χ0) is 10.2. The predicted octanol–water partition coefficient (Wildman–Crippen LogP) is 2.93. The van der Waals surface area contributed by atoms with Crippen LogP contribution >= 0.6 is 13.6 Å². The van der Waals surface area contributed by atoms with Crippen molar-refractivity contribution < 1.29 is 16.3 Å². The number of hydrogen-bond donors (Lipinski definition) is 0. The maximum Gasteiger partial charge on any atom is -0.00259 e. The molecule has 1 aliphatic rings. The van der Waals surface area contributed by atoms with Gasteiger partial charge in [0.25, 0.3) is 0 Å². The Kier molecular flexibility index (Phi) is 6.67. The normalized spacial score (nSPS) is 16.2. The van der Waals surface area contributed by atoms with Crippen LogP contribution < -0.4 is 0 Å². The van der Waals surface area contributed by atoms with Crippen LogP contribution in [-0.4, -0.2) is 18.0 Å². The van der Waals surface area contributed by atoms with Crippen molar-refractivity contribution in [2.45, 2.75) is 19.4 Å². The van der Waals surface area contributed by atoms with Crippen LogP contribution in [0.2, 0.25) is 0 Å². The maximum atomic E-state index is 3.11. The number of nitrogens with zero attached hydrogens (tertiary/aromatic N) is 1. The van der Waals surface area contributed by atoms with Gasteiger partial charge < -0.3 is 4.90 Å². The van der Waals surface area contributed by atoms with Gasteiger partial charge in [-0.25, -0.2) is 0 Å². The van der Waals surface area contributed by atoms with Crippen LogP contribution in [0.25, 0.3) is 0 Å². The van der Waals surface area contributed by atoms with Gasteiger partial charge in [0.15, 0.2) is 0 Å². The topological polar surface area (TPSA) is 3.24 Å². The van der Waals surface area contributed by atoms with Gasteiger partial charge >= 0.3 is 30.0 Å². The Morgan fingerprint density at radius 3 is 2.64 bits per heavy atom. The molecule has 0 radical (unpaired) electrons. The fraction of sp³-hybridized carbons (Fsp3) is 0.455. The van der Waals surface area contributed by atoms with Gasteiger partial charge in [-0.15, -0.1) is 5.56 Å². The van der Waals surface area contributed by atoms with Crippen molar-refractivity contribution in [1.82, 2.24) is 4.90 Å². The zero-order valence-corrected chi connectivity index (χ0v) is 12.9. The number of rotatable bonds is 2. The molecular formula is C11H14BrNZn. The van der Waals surface area contributed by atoms with Crippen LogP contribution in [0.3, 0.4) is 0 Å². The summed E-state index contributed by atoms with van der Waals surface area (Å²) in [4.78, 5) is 2.50. The molecule has 1 aromatic carbocycles. The minimum atomic E-state index is 1.11. The van der Waals surface area contributed by atoms with Gasteiger partial charge in [0.2, 0.25) is 0 Å². The first-order valence-electron chi connectivity index (χ1n) is 4.89. The Balaban J connectivity index is 0.000000461. The van der Waals surface area contributed by atoms with E-state index in [1.54, 1.807) is 0 Å². The van der Waals surface area contributed by atoms with E-state index in [4.69, 9.17) is 0 Å². The van der Waals surface area contributed by atoms with Crippen LogP contribution in [0.4, 0.5) is 0 Å². The van der Waals surface area contributed by atoms with Crippen molar-refractivity contribution >= 4 is 13.6 Å². The van der Waals surface area contributed by atoms with Gasteiger partial charge in [0.05, 0.1) is 0 Å². The summed E-state index contributed by atoms with van der Waals surface area (Å²) in [5, 5.41) is 0. The molecule has 1 saturated heterocycles. The molecule has 0 aliphatic carbocycles. The van der Waals surface area contributed by atoms with E-state index in [1.807, 2.05) is 6.07 Å². The Hall–Kier alpha value is 0.283. The number of likely N-dealkylation sites (tertiary alicyclic amines) is 1. The summed E-state index contributed by atoms with van der Waals surface area (Å²) >= 11 is 4.25. The van der Waals surface area contributed by atoms with E-state index in [2.05, 4.69) is 42.8 Å². The van der Waals surface area contributed by atoms with Crippen molar-refractivity contribution in [3.8, 4) is 0 Å². The molecule has 0 aromatic heterocycles. The second-order valence-corrected chi connectivity index (χ2v) is 3.39. The van der Waals surface area contributed by atoms with Gasteiger partial charge in [0, 0.05) is 0 Å². The summed E-state index contributed by atoms with van der Waals surface area (Å²) in [6.07, 6.45) is 2.74. The van der Waals surface area contributed by atoms with E-state index in [1.165, 1.54) is 47.8 Å². The van der Waals surface area contributed by atoms with Crippen molar-refractivity contribution in [3.63, 3.8) is 0 Å². The smallest absolute Gasteiger partial charge is 0.00259 e. The summed E-state index contributed by atoms with van der Waals surface area (Å²) in [7, 11) is 0. The third-order valence-electron chi connectivity index (χ3n) is 2.38. The number of benzene rings is 1. The molecule has 1 aromatic rings. The average molecular weight is 306 g/mol. The van der Waals surface area contributed by atoms with E-state index >= 15 is 0 Å². The Labute approximate surface area is 103 Å². The van der Waals surface area contributed by atoms with Gasteiger partial charge in [-0.3, -0.25) is 0 Å². The van der Waals surface area contributed by atoms with Crippen molar-refractivity contribution in [2.24, 2.45) is 0 Å². The van der Waals surface area contributed by atoms with Crippen molar-refractivity contribution in [2.75, 3.05) is 13.1 Å². The maximum absolute atomic E-state index is 3.11. The SMILES string of the molecule is [Zn+][Br].[c-]1cccc(CN2CCCC2)c1. The zero-order valence-electron chi connectivity index (χ0n) is 8.38. The third-order valence-corrected chi connectivity index (χ3v) is 2.38. The Morgan fingerprint density at radius 1 is 1.36 bits per heavy atom. The first-order chi connectivity index (χ1) is 6.95. The Bertz CT molecular complexity index is 234. The average Bonchev–Trinajstić information content (AvgIpc) is 2.75. The monoisotopic (exact) mass is 303 g/mol. The van der Waals surface area contributed by atoms with Gasteiger partial charge in [-0.2, -0.15) is 30.3 Å². The summed E-state index contributed by atoms with van der Waals surface area (Å²) in [5.74, 6) is 0. The van der Waals surface area contributed by atoms with Crippen LogP contribution in [0, 0.1) is 6.07 Å². The van der Waals surface area contributed by atoms with Gasteiger partial charge in [0.1, 0.15) is 0 Å². The first-order valence-corrected chi connectivity index (χ1v) is 11.8. The van der Waals surface area contributed by atoms with E-state index in [-0.39, 0.29) is 0 Å². The number of hydrogen-bond acceptors (Lipinski definition) is 1. The molecule has 1 heterocycles. The van der Waals surface area contributed by atoms with Crippen LogP contribution in [0.5, 0.6) is 0 Å². The minimum absolute atomic E-state index is 1.11. The second kappa shape index (κ2) is 7.56. The molecule has 0 bridgehead atoms. The third kappa shape index (κ3) is 4.21. The molecular weight excluding hydrogens is 291 g/mol. The molecule has 72 valence electrons. The minimum Gasteiger partial charge on any atom is -0.310 e. The number of halogens is 1. The second-order valence-electron chi connectivity index (χ2n) is 3.39. The molecule has 2 rings (SSSR count). The molecule has 0 amide bonds. The van der Waals surface area contributed by atoms with Gasteiger partial charge in [-0.05, 0) is 32.5 Å². The quantitative estimate of drug-likeness (QED) is 0.600. The largest absolute Gasteiger partial charge is 0.310 e. The fourth-order valence-electron chi connectivity index (χ4n) is 1.73. The molecule has 1 fully saturated rings. The Morgan fingerprint density at radius 2 is 2.07 bits per heavy atom. The molecule has 14 heavy (non-hydrogen) atoms. The predicted molar refractivity (Wildman–Crippen MR) is 58.7 cm³/mol. The summed E-state index contributed by atoms with van der Waals surface area (Å²) in [5.41, 5.74) is 1.39. The van der Waals surface area contributed by atoms with Crippen LogP contribution in [0.15, 0.2) is 24.3 Å². The molecule has 0 N–H and O–H groups in total. The standard InChI is InChI=1S/C11H14N.BrH.Zn/c1-2-6-11(7-3-1)10-12-8-4-5-9-12;;/h1-2,6-7H,4-5,8-10H2;1H;/q-1;;+2/p-1. The van der Waals surface area contributed by atoms with Gasteiger partial charge in [-0.1, -0.05) is 0 Å². The molecule has 0 saturated carbocycles. The molecule has 0 spiro atoms. The molecule has 0 atom stereocenters. The van der Waals surface area contributed by atoms with Crippen LogP contribution in [-0.2, 0) is 22.9 Å². The first kappa shape index (κ1) is 12.4. The van der Waals surface area contributed by atoms with Crippen LogP contribution in [0.1, 0.15) is 18.4 Å². The molecule has 1 aliphatic heterocycles. The molecule has 1 nitrogen and oxygen atoms in total. The summed E-state index contributed by atoms with van der Waals surface area (Å²) < 4.78 is 0. The van der Waals surface area contributed by atoms with E-state index < -0.39 is 0 Å². The fourth-order valence-corrected chi connectivity index (χ4v) is 1.73. The van der Waals surface area contributed by atoms with Crippen molar-refractivity contribution in [3.05, 3.63) is 35.9 Å². The van der Waals surface area contributed by atoms with E-state index in [9.17, 15) is 0 Å². The molecule has 3 heteroatoms. The van der Waals surface area contributed by atoms with Crippen molar-refractivity contribution in [1.29, 1.82) is 0 Å². The summed E-state index contributed by atoms with van der Waals surface area (Å²) in [6.45, 7) is 3.65. The summed E-state index contributed by atoms with van der Waals surface area (Å²) in [6, 6.07) is 11.4. The molecule has 0 unspecified atom stereocenters.